The molecular weight excluding hydrogens is 142 g/mol. The summed E-state index contributed by atoms with van der Waals surface area (Å²) in [7, 11) is 0. The molecule has 0 aromatic rings. The van der Waals surface area contributed by atoms with Gasteiger partial charge in [0.25, 0.3) is 0 Å². The molecule has 0 bridgehead atoms. The summed E-state index contributed by atoms with van der Waals surface area (Å²) in [6.45, 7) is 2.20. The summed E-state index contributed by atoms with van der Waals surface area (Å²) in [5.41, 5.74) is 0. The third-order valence-corrected chi connectivity index (χ3v) is 3.39. The Labute approximate surface area is 65.6 Å². The van der Waals surface area contributed by atoms with Gasteiger partial charge in [0.1, 0.15) is 0 Å². The van der Waals surface area contributed by atoms with Crippen LogP contribution in [0.4, 0.5) is 0 Å². The Balaban J connectivity index is 2.19. The van der Waals surface area contributed by atoms with Crippen molar-refractivity contribution in [2.75, 3.05) is 0 Å². The van der Waals surface area contributed by atoms with Crippen LogP contribution in [-0.4, -0.2) is 17.5 Å². The molecule has 3 atom stereocenters. The van der Waals surface area contributed by atoms with E-state index in [9.17, 15) is 0 Å². The molecule has 2 heteroatoms. The van der Waals surface area contributed by atoms with E-state index >= 15 is 0 Å². The Bertz CT molecular complexity index is 186. The average Bonchev–Trinajstić information content (AvgIpc) is 2.36. The van der Waals surface area contributed by atoms with Crippen molar-refractivity contribution in [3.05, 3.63) is 11.5 Å². The van der Waals surface area contributed by atoms with Gasteiger partial charge in [-0.05, 0) is 18.8 Å². The first-order valence-corrected chi connectivity index (χ1v) is 4.66. The van der Waals surface area contributed by atoms with Gasteiger partial charge in [-0.15, -0.1) is 11.8 Å². The van der Waals surface area contributed by atoms with Crippen molar-refractivity contribution < 1.29 is 0 Å². The van der Waals surface area contributed by atoms with Crippen molar-refractivity contribution in [1.29, 1.82) is 0 Å². The van der Waals surface area contributed by atoms with Crippen LogP contribution in [0.5, 0.6) is 0 Å². The van der Waals surface area contributed by atoms with Crippen molar-refractivity contribution in [3.8, 4) is 0 Å². The van der Waals surface area contributed by atoms with E-state index in [1.54, 1.807) is 0 Å². The highest BCUT2D eigenvalue weighted by atomic mass is 32.2. The first kappa shape index (κ1) is 6.47. The number of hydrogen-bond acceptors (Lipinski definition) is 2. The van der Waals surface area contributed by atoms with E-state index in [0.29, 0.717) is 6.04 Å². The fraction of sp³-hybridized carbons (Fsp3) is 0.625. The van der Waals surface area contributed by atoms with Crippen LogP contribution in [-0.2, 0) is 0 Å². The summed E-state index contributed by atoms with van der Waals surface area (Å²) in [6.07, 6.45) is 5.54. The minimum absolute atomic E-state index is 0.519. The molecule has 0 aromatic carbocycles. The molecule has 3 unspecified atom stereocenters. The predicted molar refractivity (Wildman–Crippen MR) is 46.6 cm³/mol. The fourth-order valence-corrected chi connectivity index (χ4v) is 2.74. The SMILES string of the molecule is CC1N=CCC2SC=CC12. The summed E-state index contributed by atoms with van der Waals surface area (Å²) >= 11 is 1.96. The molecule has 2 aliphatic heterocycles. The second-order valence-corrected chi connectivity index (χ2v) is 4.04. The van der Waals surface area contributed by atoms with Crippen molar-refractivity contribution in [3.63, 3.8) is 0 Å². The van der Waals surface area contributed by atoms with Crippen molar-refractivity contribution in [1.82, 2.24) is 0 Å². The first-order valence-electron chi connectivity index (χ1n) is 3.71. The number of aliphatic imine (C=N–C) groups is 1. The number of nitrogens with zero attached hydrogens (tertiary/aromatic N) is 1. The van der Waals surface area contributed by atoms with Crippen LogP contribution in [0.2, 0.25) is 0 Å². The molecular formula is C8H11NS. The molecule has 1 nitrogen and oxygen atoms in total. The normalized spacial score (nSPS) is 43.9. The third kappa shape index (κ3) is 0.908. The van der Waals surface area contributed by atoms with Crippen molar-refractivity contribution in [2.24, 2.45) is 10.9 Å². The lowest BCUT2D eigenvalue weighted by atomic mass is 9.94. The van der Waals surface area contributed by atoms with Crippen LogP contribution in [0, 0.1) is 5.92 Å². The first-order chi connectivity index (χ1) is 4.88. The number of rotatable bonds is 0. The molecule has 0 amide bonds. The Morgan fingerprint density at radius 2 is 2.50 bits per heavy atom. The zero-order chi connectivity index (χ0) is 6.97. The lowest BCUT2D eigenvalue weighted by Gasteiger charge is -2.24. The quantitative estimate of drug-likeness (QED) is 0.519. The molecule has 0 aromatic heterocycles. The molecule has 54 valence electrons. The molecule has 2 rings (SSSR count). The van der Waals surface area contributed by atoms with Crippen LogP contribution in [0.3, 0.4) is 0 Å². The standard InChI is InChI=1S/C8H11NS/c1-6-7-3-5-10-8(7)2-4-9-6/h3-8H,2H2,1H3. The van der Waals surface area contributed by atoms with Gasteiger partial charge in [-0.1, -0.05) is 6.08 Å². The number of hydrogen-bond donors (Lipinski definition) is 0. The molecule has 0 aliphatic carbocycles. The summed E-state index contributed by atoms with van der Waals surface area (Å²) in [6, 6.07) is 0.519. The van der Waals surface area contributed by atoms with E-state index in [1.165, 1.54) is 0 Å². The number of thioether (sulfide) groups is 1. The van der Waals surface area contributed by atoms with Gasteiger partial charge in [0.05, 0.1) is 6.04 Å². The largest absolute Gasteiger partial charge is 0.294 e. The van der Waals surface area contributed by atoms with Gasteiger partial charge >= 0.3 is 0 Å². The van der Waals surface area contributed by atoms with Gasteiger partial charge in [-0.25, -0.2) is 0 Å². The molecule has 2 heterocycles. The fourth-order valence-electron chi connectivity index (χ4n) is 1.57. The Kier molecular flexibility index (Phi) is 1.57. The van der Waals surface area contributed by atoms with Gasteiger partial charge in [-0.2, -0.15) is 0 Å². The molecule has 10 heavy (non-hydrogen) atoms. The lowest BCUT2D eigenvalue weighted by molar-refractivity contribution is 0.512. The predicted octanol–water partition coefficient (Wildman–Crippen LogP) is 2.09. The van der Waals surface area contributed by atoms with E-state index in [1.807, 2.05) is 11.8 Å². The third-order valence-electron chi connectivity index (χ3n) is 2.22. The van der Waals surface area contributed by atoms with Crippen LogP contribution >= 0.6 is 11.8 Å². The summed E-state index contributed by atoms with van der Waals surface area (Å²) in [5, 5.41) is 3.02. The topological polar surface area (TPSA) is 12.4 Å². The summed E-state index contributed by atoms with van der Waals surface area (Å²) in [5.74, 6) is 0.718. The Morgan fingerprint density at radius 1 is 1.60 bits per heavy atom. The summed E-state index contributed by atoms with van der Waals surface area (Å²) in [4.78, 5) is 4.38. The average molecular weight is 153 g/mol. The molecule has 0 fully saturated rings. The molecule has 0 saturated carbocycles. The minimum Gasteiger partial charge on any atom is -0.294 e. The van der Waals surface area contributed by atoms with Crippen LogP contribution in [0.1, 0.15) is 13.3 Å². The van der Waals surface area contributed by atoms with Crippen molar-refractivity contribution in [2.45, 2.75) is 24.6 Å². The van der Waals surface area contributed by atoms with Gasteiger partial charge in [0.2, 0.25) is 0 Å². The second-order valence-electron chi connectivity index (χ2n) is 2.89. The highest BCUT2D eigenvalue weighted by Crippen LogP contribution is 2.36. The maximum Gasteiger partial charge on any atom is 0.0541 e. The van der Waals surface area contributed by atoms with E-state index in [0.717, 1.165) is 17.6 Å². The monoisotopic (exact) mass is 153 g/mol. The van der Waals surface area contributed by atoms with Crippen LogP contribution in [0.25, 0.3) is 0 Å². The van der Waals surface area contributed by atoms with Crippen LogP contribution < -0.4 is 0 Å². The zero-order valence-electron chi connectivity index (χ0n) is 6.03. The zero-order valence-corrected chi connectivity index (χ0v) is 6.84. The second kappa shape index (κ2) is 2.42. The number of fused-ring (bicyclic) bond motifs is 1. The maximum absolute atomic E-state index is 4.38. The van der Waals surface area contributed by atoms with E-state index in [-0.39, 0.29) is 0 Å². The minimum atomic E-state index is 0.519. The van der Waals surface area contributed by atoms with E-state index in [2.05, 4.69) is 29.6 Å². The van der Waals surface area contributed by atoms with Gasteiger partial charge < -0.3 is 0 Å². The molecule has 2 aliphatic rings. The van der Waals surface area contributed by atoms with Crippen molar-refractivity contribution >= 4 is 18.0 Å². The molecule has 0 N–H and O–H groups in total. The highest BCUT2D eigenvalue weighted by molar-refractivity contribution is 8.03. The highest BCUT2D eigenvalue weighted by Gasteiger charge is 2.29. The molecule has 0 saturated heterocycles. The van der Waals surface area contributed by atoms with Crippen LogP contribution in [0.15, 0.2) is 16.5 Å². The van der Waals surface area contributed by atoms with Gasteiger partial charge in [-0.3, -0.25) is 4.99 Å². The maximum atomic E-state index is 4.38. The summed E-state index contributed by atoms with van der Waals surface area (Å²) < 4.78 is 0. The smallest absolute Gasteiger partial charge is 0.0541 e. The lowest BCUT2D eigenvalue weighted by Crippen LogP contribution is -2.26. The Hall–Kier alpha value is -0.240. The molecule has 0 spiro atoms. The van der Waals surface area contributed by atoms with E-state index < -0.39 is 0 Å². The van der Waals surface area contributed by atoms with Gasteiger partial charge in [0, 0.05) is 17.4 Å². The van der Waals surface area contributed by atoms with Gasteiger partial charge in [0.15, 0.2) is 0 Å². The Morgan fingerprint density at radius 3 is 3.30 bits per heavy atom. The molecule has 0 radical (unpaired) electrons. The van der Waals surface area contributed by atoms with E-state index in [4.69, 9.17) is 0 Å².